The lowest BCUT2D eigenvalue weighted by Crippen LogP contribution is -2.24. The molecule has 3 nitrogen and oxygen atoms in total. The Morgan fingerprint density at radius 2 is 1.95 bits per heavy atom. The van der Waals surface area contributed by atoms with Crippen LogP contribution in [0.5, 0.6) is 5.75 Å². The molecule has 3 rings (SSSR count). The van der Waals surface area contributed by atoms with E-state index < -0.39 is 5.97 Å². The van der Waals surface area contributed by atoms with E-state index in [1.54, 1.807) is 12.1 Å². The van der Waals surface area contributed by atoms with E-state index >= 15 is 0 Å². The van der Waals surface area contributed by atoms with Gasteiger partial charge in [-0.15, -0.1) is 0 Å². The van der Waals surface area contributed by atoms with E-state index in [0.717, 1.165) is 28.9 Å². The summed E-state index contributed by atoms with van der Waals surface area (Å²) in [5.41, 5.74) is 4.39. The first-order valence-corrected chi connectivity index (χ1v) is 7.02. The first-order valence-electron chi connectivity index (χ1n) is 7.02. The molecule has 0 saturated heterocycles. The van der Waals surface area contributed by atoms with E-state index in [1.807, 2.05) is 25.1 Å². The number of rotatable bonds is 2. The molecule has 0 saturated carbocycles. The van der Waals surface area contributed by atoms with E-state index in [4.69, 9.17) is 9.84 Å². The molecule has 0 fully saturated rings. The lowest BCUT2D eigenvalue weighted by atomic mass is 9.94. The molecule has 0 aliphatic carbocycles. The minimum atomic E-state index is -0.901. The maximum Gasteiger partial charge on any atom is 0.335 e. The Hall–Kier alpha value is -2.29. The highest BCUT2D eigenvalue weighted by atomic mass is 16.5. The predicted octanol–water partition coefficient (Wildman–Crippen LogP) is 4.07. The Labute approximate surface area is 124 Å². The van der Waals surface area contributed by atoms with Crippen LogP contribution in [-0.2, 0) is 6.42 Å². The van der Waals surface area contributed by atoms with Crippen molar-refractivity contribution in [1.29, 1.82) is 0 Å². The molecular weight excluding hydrogens is 264 g/mol. The second kappa shape index (κ2) is 4.62. The van der Waals surface area contributed by atoms with Crippen molar-refractivity contribution >= 4 is 5.97 Å². The molecule has 2 aromatic rings. The molecule has 1 heterocycles. The van der Waals surface area contributed by atoms with Crippen molar-refractivity contribution in [3.8, 4) is 16.9 Å². The number of aryl methyl sites for hydroxylation is 1. The summed E-state index contributed by atoms with van der Waals surface area (Å²) in [4.78, 5) is 11.1. The highest BCUT2D eigenvalue weighted by Gasteiger charge is 2.30. The third kappa shape index (κ3) is 2.51. The molecule has 0 radical (unpaired) electrons. The summed E-state index contributed by atoms with van der Waals surface area (Å²) >= 11 is 0. The van der Waals surface area contributed by atoms with Gasteiger partial charge in [0, 0.05) is 6.42 Å². The zero-order valence-electron chi connectivity index (χ0n) is 12.4. The second-order valence-corrected chi connectivity index (χ2v) is 6.20. The molecule has 108 valence electrons. The van der Waals surface area contributed by atoms with Crippen LogP contribution in [0.3, 0.4) is 0 Å². The van der Waals surface area contributed by atoms with Crippen molar-refractivity contribution in [1.82, 2.24) is 0 Å². The predicted molar refractivity (Wildman–Crippen MR) is 82.0 cm³/mol. The summed E-state index contributed by atoms with van der Waals surface area (Å²) in [6.45, 7) is 6.14. The number of carbonyl (C=O) groups is 1. The molecule has 1 aliphatic heterocycles. The van der Waals surface area contributed by atoms with Crippen LogP contribution in [0.4, 0.5) is 0 Å². The van der Waals surface area contributed by atoms with E-state index in [2.05, 4.69) is 19.9 Å². The van der Waals surface area contributed by atoms with Crippen molar-refractivity contribution in [2.24, 2.45) is 0 Å². The second-order valence-electron chi connectivity index (χ2n) is 6.20. The monoisotopic (exact) mass is 282 g/mol. The zero-order valence-corrected chi connectivity index (χ0v) is 12.4. The number of carboxylic acids is 1. The lowest BCUT2D eigenvalue weighted by molar-refractivity contribution is 0.0697. The molecule has 0 amide bonds. The molecule has 2 aromatic carbocycles. The molecular formula is C18H18O3. The van der Waals surface area contributed by atoms with Gasteiger partial charge in [0.1, 0.15) is 11.4 Å². The number of hydrogen-bond donors (Lipinski definition) is 1. The van der Waals surface area contributed by atoms with Crippen molar-refractivity contribution < 1.29 is 14.6 Å². The van der Waals surface area contributed by atoms with Crippen molar-refractivity contribution in [3.05, 3.63) is 53.1 Å². The minimum absolute atomic E-state index is 0.168. The number of ether oxygens (including phenoxy) is 1. The first kappa shape index (κ1) is 13.7. The van der Waals surface area contributed by atoms with Crippen LogP contribution in [0.25, 0.3) is 11.1 Å². The first-order chi connectivity index (χ1) is 9.85. The maximum absolute atomic E-state index is 11.1. The van der Waals surface area contributed by atoms with Crippen LogP contribution in [0.1, 0.15) is 35.3 Å². The van der Waals surface area contributed by atoms with Gasteiger partial charge >= 0.3 is 5.97 Å². The highest BCUT2D eigenvalue weighted by Crippen LogP contribution is 2.38. The van der Waals surface area contributed by atoms with Crippen LogP contribution < -0.4 is 4.74 Å². The molecule has 0 atom stereocenters. The molecule has 0 unspecified atom stereocenters. The fraction of sp³-hybridized carbons (Fsp3) is 0.278. The number of hydrogen-bond acceptors (Lipinski definition) is 2. The van der Waals surface area contributed by atoms with Crippen LogP contribution in [-0.4, -0.2) is 16.7 Å². The summed E-state index contributed by atoms with van der Waals surface area (Å²) in [5.74, 6) is 0.0256. The Morgan fingerprint density at radius 1 is 1.19 bits per heavy atom. The SMILES string of the molecule is Cc1ccc(C(=O)O)cc1-c1ccc2c(c1)CC(C)(C)O2. The number of benzene rings is 2. The Morgan fingerprint density at radius 3 is 2.67 bits per heavy atom. The highest BCUT2D eigenvalue weighted by molar-refractivity contribution is 5.90. The van der Waals surface area contributed by atoms with E-state index in [1.165, 1.54) is 5.56 Å². The fourth-order valence-electron chi connectivity index (χ4n) is 2.84. The summed E-state index contributed by atoms with van der Waals surface area (Å²) < 4.78 is 5.88. The maximum atomic E-state index is 11.1. The molecule has 3 heteroatoms. The summed E-state index contributed by atoms with van der Waals surface area (Å²) in [7, 11) is 0. The third-order valence-corrected chi connectivity index (χ3v) is 3.86. The molecule has 1 aliphatic rings. The van der Waals surface area contributed by atoms with Crippen molar-refractivity contribution in [3.63, 3.8) is 0 Å². The van der Waals surface area contributed by atoms with E-state index in [-0.39, 0.29) is 5.60 Å². The zero-order chi connectivity index (χ0) is 15.2. The Balaban J connectivity index is 2.07. The van der Waals surface area contributed by atoms with Gasteiger partial charge in [0.2, 0.25) is 0 Å². The van der Waals surface area contributed by atoms with Gasteiger partial charge in [0.25, 0.3) is 0 Å². The van der Waals surface area contributed by atoms with Crippen LogP contribution >= 0.6 is 0 Å². The van der Waals surface area contributed by atoms with E-state index in [0.29, 0.717) is 5.56 Å². The summed E-state index contributed by atoms with van der Waals surface area (Å²) in [5, 5.41) is 9.15. The van der Waals surface area contributed by atoms with Gasteiger partial charge in [0.15, 0.2) is 0 Å². The number of aromatic carboxylic acids is 1. The standard InChI is InChI=1S/C18H18O3/c1-11-4-5-13(17(19)20)9-15(11)12-6-7-16-14(8-12)10-18(2,3)21-16/h4-9H,10H2,1-3H3,(H,19,20). The number of fused-ring (bicyclic) bond motifs is 1. The van der Waals surface area contributed by atoms with Crippen LogP contribution in [0.2, 0.25) is 0 Å². The Kier molecular flexibility index (Phi) is 3.01. The molecule has 0 spiro atoms. The van der Waals surface area contributed by atoms with Gasteiger partial charge in [-0.25, -0.2) is 4.79 Å². The largest absolute Gasteiger partial charge is 0.487 e. The summed E-state index contributed by atoms with van der Waals surface area (Å²) in [6, 6.07) is 11.3. The average Bonchev–Trinajstić information content (AvgIpc) is 2.71. The van der Waals surface area contributed by atoms with Gasteiger partial charge in [-0.05, 0) is 67.3 Å². The molecule has 0 bridgehead atoms. The topological polar surface area (TPSA) is 46.5 Å². The van der Waals surface area contributed by atoms with Crippen LogP contribution in [0, 0.1) is 6.92 Å². The van der Waals surface area contributed by atoms with Gasteiger partial charge in [0.05, 0.1) is 5.56 Å². The minimum Gasteiger partial charge on any atom is -0.487 e. The van der Waals surface area contributed by atoms with Gasteiger partial charge < -0.3 is 9.84 Å². The third-order valence-electron chi connectivity index (χ3n) is 3.86. The average molecular weight is 282 g/mol. The normalized spacial score (nSPS) is 15.4. The van der Waals surface area contributed by atoms with Gasteiger partial charge in [-0.3, -0.25) is 0 Å². The van der Waals surface area contributed by atoms with Crippen molar-refractivity contribution in [2.45, 2.75) is 32.8 Å². The Bertz CT molecular complexity index is 729. The smallest absolute Gasteiger partial charge is 0.335 e. The fourth-order valence-corrected chi connectivity index (χ4v) is 2.84. The molecule has 21 heavy (non-hydrogen) atoms. The van der Waals surface area contributed by atoms with Gasteiger partial charge in [-0.2, -0.15) is 0 Å². The molecule has 1 N–H and O–H groups in total. The quantitative estimate of drug-likeness (QED) is 0.903. The lowest BCUT2D eigenvalue weighted by Gasteiger charge is -2.16. The van der Waals surface area contributed by atoms with Gasteiger partial charge in [-0.1, -0.05) is 12.1 Å². The molecule has 0 aromatic heterocycles. The number of carboxylic acid groups (broad SMARTS) is 1. The van der Waals surface area contributed by atoms with E-state index in [9.17, 15) is 4.79 Å². The van der Waals surface area contributed by atoms with Crippen molar-refractivity contribution in [2.75, 3.05) is 0 Å². The summed E-state index contributed by atoms with van der Waals surface area (Å²) in [6.07, 6.45) is 0.869. The van der Waals surface area contributed by atoms with Crippen LogP contribution in [0.15, 0.2) is 36.4 Å².